The van der Waals surface area contributed by atoms with Crippen molar-refractivity contribution < 1.29 is 96.9 Å². The largest absolute Gasteiger partial charge is 0.489 e. The summed E-state index contributed by atoms with van der Waals surface area (Å²) < 4.78 is 162. The Labute approximate surface area is 737 Å². The summed E-state index contributed by atoms with van der Waals surface area (Å²) in [5.74, 6) is -0.256. The Hall–Kier alpha value is -16.9. The summed E-state index contributed by atoms with van der Waals surface area (Å²) in [6.07, 6.45) is 27.2. The fourth-order valence-electron chi connectivity index (χ4n) is 15.0. The predicted octanol–water partition coefficient (Wildman–Crippen LogP) is 13.2. The van der Waals surface area contributed by atoms with Crippen LogP contribution >= 0.6 is 0 Å². The molecular weight excluding hydrogens is 1750 g/mol. The van der Waals surface area contributed by atoms with Crippen LogP contribution in [0, 0.1) is 0 Å². The van der Waals surface area contributed by atoms with Gasteiger partial charge in [0.1, 0.15) is 105 Å². The first-order valence-electron chi connectivity index (χ1n) is 40.3. The molecule has 1 aliphatic carbocycles. The third-order valence-corrected chi connectivity index (χ3v) is 21.0. The number of alkyl halides is 8. The zero-order chi connectivity index (χ0) is 91.8. The Balaban J connectivity index is 0.000000118. The van der Waals surface area contributed by atoms with Gasteiger partial charge in [-0.25, -0.2) is 38.0 Å². The van der Waals surface area contributed by atoms with E-state index in [9.17, 15) is 54.3 Å². The number of anilines is 7. The van der Waals surface area contributed by atoms with Gasteiger partial charge in [0.25, 0.3) is 23.6 Å². The number of H-pyrrole nitrogens is 2. The SMILES string of the molecule is C[C@H]1CNc2cc(OC(F)F)c(-c3[nH]ncc3NC(=O)c3cnn4cccnc34)cc2O1.Cn1cc(NC(=O)c2cnn3cccnc23)c(-c2cc3c(cc2OC(F)F)NC2(CCC2)CO3)n1.Cn1cc(NC(=O)c2cnn3cccnc23)c(-c2cc3c(cc2OC(F)F)NCC(C)(C)O3)n1.O=C(Nc1cn[nH]c1-c1cc2c(cc1OC(F)F)OCCO2)c1cnn2cccnc12. The minimum absolute atomic E-state index is 0.0712. The number of benzene rings is 4. The van der Waals surface area contributed by atoms with Crippen LogP contribution in [0.25, 0.3) is 67.6 Å². The van der Waals surface area contributed by atoms with Crippen molar-refractivity contribution in [2.24, 2.45) is 14.1 Å². The van der Waals surface area contributed by atoms with E-state index < -0.39 is 55.7 Å². The highest BCUT2D eigenvalue weighted by Gasteiger charge is 2.42. The molecule has 16 heterocycles. The van der Waals surface area contributed by atoms with Crippen LogP contribution in [0.15, 0.2) is 172 Å². The van der Waals surface area contributed by atoms with E-state index in [0.717, 1.165) is 19.3 Å². The van der Waals surface area contributed by atoms with Crippen LogP contribution in [0.2, 0.25) is 0 Å². The second kappa shape index (κ2) is 35.7. The lowest BCUT2D eigenvalue weighted by Crippen LogP contribution is -2.52. The van der Waals surface area contributed by atoms with Gasteiger partial charge in [-0.3, -0.25) is 38.7 Å². The molecule has 0 bridgehead atoms. The number of aryl methyl sites for hydroxylation is 2. The molecule has 48 heteroatoms. The quantitative estimate of drug-likeness (QED) is 0.0320. The van der Waals surface area contributed by atoms with Crippen LogP contribution in [-0.4, -0.2) is 199 Å². The highest BCUT2D eigenvalue weighted by atomic mass is 19.3. The second-order valence-electron chi connectivity index (χ2n) is 30.7. The molecule has 12 aromatic heterocycles. The average molecular weight is 1820 g/mol. The lowest BCUT2D eigenvalue weighted by molar-refractivity contribution is -0.0503. The molecule has 9 N–H and O–H groups in total. The number of carbonyl (C=O) groups excluding carboxylic acids is 4. The number of aromatic amines is 2. The summed E-state index contributed by atoms with van der Waals surface area (Å²) in [6, 6.07) is 18.7. The van der Waals surface area contributed by atoms with E-state index in [4.69, 9.17) is 37.9 Å². The first kappa shape index (κ1) is 85.9. The van der Waals surface area contributed by atoms with Crippen molar-refractivity contribution in [1.29, 1.82) is 0 Å². The molecule has 1 saturated carbocycles. The van der Waals surface area contributed by atoms with Gasteiger partial charge in [-0.2, -0.15) is 75.9 Å². The number of ether oxygens (including phenoxy) is 9. The van der Waals surface area contributed by atoms with Gasteiger partial charge in [0.2, 0.25) is 0 Å². The average Bonchev–Trinajstić information content (AvgIpc) is 1.38. The Morgan fingerprint density at radius 1 is 0.462 bits per heavy atom. The lowest BCUT2D eigenvalue weighted by atomic mass is 9.76. The molecule has 40 nitrogen and oxygen atoms in total. The normalized spacial score (nSPS) is 14.6. The molecule has 1 atom stereocenters. The number of halogens is 8. The van der Waals surface area contributed by atoms with Gasteiger partial charge in [-0.1, -0.05) is 0 Å². The second-order valence-corrected chi connectivity index (χ2v) is 30.7. The van der Waals surface area contributed by atoms with E-state index in [-0.39, 0.29) is 119 Å². The topological polar surface area (TPSA) is 449 Å². The van der Waals surface area contributed by atoms with Gasteiger partial charge in [0.15, 0.2) is 34.1 Å². The van der Waals surface area contributed by atoms with Crippen molar-refractivity contribution in [3.8, 4) is 96.8 Å². The number of fused-ring (bicyclic) bond motifs is 8. The zero-order valence-corrected chi connectivity index (χ0v) is 69.6. The number of hydrogen-bond donors (Lipinski definition) is 9. The van der Waals surface area contributed by atoms with Crippen molar-refractivity contribution in [2.75, 3.05) is 70.1 Å². The Morgan fingerprint density at radius 3 is 1.28 bits per heavy atom. The highest BCUT2D eigenvalue weighted by molar-refractivity contribution is 6.12. The standard InChI is InChI=1S/C23H21F2N7O3.C22H21F2N7O3.C20H17F2N7O3.C19H14F2N6O4/c1-31-11-16(28-21(33)14-10-27-32-7-3-6-26-20(14)32)19(30-31)13-8-18-15(9-17(13)35-22(24)25)29-23(12-34-18)4-2-5-23;1-22(2)11-26-14-8-16(33-21(23)24)12(7-17(14)34-22)18-15(10-30(3)29-18)28-20(32)13-9-27-31-6-4-5-25-19(13)31;1-10-7-24-13-6-15(32-20(21)22)11(5-16(13)31-10)17-14(9-25-28-17)27-19(30)12-8-26-29-4-2-3-23-18(12)29;20-19(21)31-13-7-15-14(29-4-5-30-15)6-10(13)16-12(9-23-26-16)25-18(28)11-8-24-27-3-1-2-22-17(11)27/h3,6-11,22,29H,2,4-5,12H2,1H3,(H,28,33);4-10,21,26H,11H2,1-3H3,(H,28,32);2-6,8-10,20,24H,7H2,1H3,(H,25,28)(H,27,30);1-3,6-9,19H,4-5H2,(H,23,26)(H,25,28)/t;;10-;/m..0./s1. The van der Waals surface area contributed by atoms with Crippen LogP contribution in [0.4, 0.5) is 74.9 Å². The van der Waals surface area contributed by atoms with E-state index in [1.54, 1.807) is 119 Å². The van der Waals surface area contributed by atoms with E-state index in [0.29, 0.717) is 107 Å². The summed E-state index contributed by atoms with van der Waals surface area (Å²) >= 11 is 0. The Kier molecular flexibility index (Phi) is 23.3. The molecule has 4 aliphatic heterocycles. The summed E-state index contributed by atoms with van der Waals surface area (Å²) in [5.41, 5.74) is 6.61. The molecule has 21 rings (SSSR count). The van der Waals surface area contributed by atoms with Gasteiger partial charge in [-0.05, 0) is 88.6 Å². The maximum absolute atomic E-state index is 13.3. The molecule has 16 aromatic rings. The lowest BCUT2D eigenvalue weighted by Gasteiger charge is -2.46. The predicted molar refractivity (Wildman–Crippen MR) is 454 cm³/mol. The number of rotatable bonds is 20. The van der Waals surface area contributed by atoms with Gasteiger partial charge in [0.05, 0.1) is 118 Å². The number of amides is 4. The van der Waals surface area contributed by atoms with Crippen LogP contribution in [-0.2, 0) is 14.1 Å². The molecule has 5 aliphatic rings. The van der Waals surface area contributed by atoms with Crippen molar-refractivity contribution in [3.63, 3.8) is 0 Å². The van der Waals surface area contributed by atoms with Crippen molar-refractivity contribution in [1.82, 2.24) is 98.3 Å². The number of nitrogens with zero attached hydrogens (tertiary/aromatic N) is 18. The smallest absolute Gasteiger partial charge is 0.387 e. The zero-order valence-electron chi connectivity index (χ0n) is 69.6. The first-order valence-corrected chi connectivity index (χ1v) is 40.3. The summed E-state index contributed by atoms with van der Waals surface area (Å²) in [4.78, 5) is 68.5. The third kappa shape index (κ3) is 18.0. The van der Waals surface area contributed by atoms with E-state index in [1.807, 2.05) is 20.8 Å². The fraction of sp³-hybridized carbons (Fsp3) is 0.238. The van der Waals surface area contributed by atoms with Crippen LogP contribution < -0.4 is 79.8 Å². The number of nitrogens with one attached hydrogen (secondary N) is 9. The van der Waals surface area contributed by atoms with E-state index in [1.165, 1.54) is 94.9 Å². The molecule has 1 spiro atoms. The minimum atomic E-state index is -3.06. The minimum Gasteiger partial charge on any atom is -0.489 e. The van der Waals surface area contributed by atoms with Crippen molar-refractivity contribution in [3.05, 3.63) is 194 Å². The number of aromatic nitrogens is 20. The van der Waals surface area contributed by atoms with Crippen molar-refractivity contribution in [2.45, 2.75) is 83.7 Å². The molecule has 1 fully saturated rings. The van der Waals surface area contributed by atoms with Gasteiger partial charge in [0, 0.05) is 111 Å². The van der Waals surface area contributed by atoms with Gasteiger partial charge in [-0.15, -0.1) is 0 Å². The monoisotopic (exact) mass is 1820 g/mol. The molecule has 132 heavy (non-hydrogen) atoms. The maximum atomic E-state index is 13.3. The van der Waals surface area contributed by atoms with E-state index >= 15 is 0 Å². The molecule has 4 amide bonds. The van der Waals surface area contributed by atoms with Crippen LogP contribution in [0.5, 0.6) is 51.7 Å². The molecule has 0 radical (unpaired) electrons. The molecule has 678 valence electrons. The Morgan fingerprint density at radius 2 is 0.848 bits per heavy atom. The van der Waals surface area contributed by atoms with Gasteiger partial charge < -0.3 is 79.8 Å². The molecule has 0 saturated heterocycles. The molecule has 4 aromatic carbocycles. The first-order chi connectivity index (χ1) is 63.7. The summed E-state index contributed by atoms with van der Waals surface area (Å²) in [6.45, 7) is -4.39. The van der Waals surface area contributed by atoms with Crippen LogP contribution in [0.3, 0.4) is 0 Å². The number of hydrogen-bond acceptors (Lipinski definition) is 28. The third-order valence-electron chi connectivity index (χ3n) is 21.0. The molecular formula is C84H73F8N27O13. The molecule has 0 unspecified atom stereocenters. The van der Waals surface area contributed by atoms with Gasteiger partial charge >= 0.3 is 26.4 Å². The van der Waals surface area contributed by atoms with Crippen molar-refractivity contribution >= 4 is 86.0 Å². The number of carbonyl (C=O) groups is 4. The van der Waals surface area contributed by atoms with Crippen LogP contribution in [0.1, 0.15) is 81.5 Å². The maximum Gasteiger partial charge on any atom is 0.387 e. The highest BCUT2D eigenvalue weighted by Crippen LogP contribution is 2.51. The fourth-order valence-corrected chi connectivity index (χ4v) is 15.0. The summed E-state index contributed by atoms with van der Waals surface area (Å²) in [7, 11) is 3.32. The summed E-state index contributed by atoms with van der Waals surface area (Å²) in [5, 5.41) is 59.3. The Bertz CT molecular complexity index is 7070. The van der Waals surface area contributed by atoms with E-state index in [2.05, 4.69) is 113 Å².